The first-order valence-electron chi connectivity index (χ1n) is 7.60. The molecule has 0 amide bonds. The van der Waals surface area contributed by atoms with Crippen LogP contribution in [0.2, 0.25) is 0 Å². The highest BCUT2D eigenvalue weighted by atomic mass is 16.3. The lowest BCUT2D eigenvalue weighted by Crippen LogP contribution is -2.07. The first kappa shape index (κ1) is 15.4. The second kappa shape index (κ2) is 6.66. The van der Waals surface area contributed by atoms with Crippen LogP contribution in [0.3, 0.4) is 0 Å². The average Bonchev–Trinajstić information content (AvgIpc) is 2.43. The predicted octanol–water partition coefficient (Wildman–Crippen LogP) is 5.07. The van der Waals surface area contributed by atoms with E-state index in [1.54, 1.807) is 6.07 Å². The van der Waals surface area contributed by atoms with Crippen LogP contribution in [0.1, 0.15) is 43.5 Å². The topological polar surface area (TPSA) is 32.3 Å². The van der Waals surface area contributed by atoms with Crippen molar-refractivity contribution < 1.29 is 5.11 Å². The number of aryl methyl sites for hydroxylation is 1. The van der Waals surface area contributed by atoms with Crippen LogP contribution in [0.25, 0.3) is 0 Å². The van der Waals surface area contributed by atoms with Crippen molar-refractivity contribution in [3.05, 3.63) is 59.2 Å². The molecule has 2 N–H and O–H groups in total. The van der Waals surface area contributed by atoms with Crippen molar-refractivity contribution >= 4 is 5.69 Å². The number of rotatable bonds is 5. The Morgan fingerprint density at radius 1 is 1.00 bits per heavy atom. The average molecular weight is 283 g/mol. The second-order valence-electron chi connectivity index (χ2n) is 6.21. The Balaban J connectivity index is 2.05. The lowest BCUT2D eigenvalue weighted by Gasteiger charge is -2.17. The van der Waals surface area contributed by atoms with Gasteiger partial charge in [0.15, 0.2) is 0 Å². The molecule has 0 aromatic heterocycles. The minimum atomic E-state index is 0.238. The number of phenolic OH excluding ortho intramolecular Hbond substituents is 1. The van der Waals surface area contributed by atoms with Crippen LogP contribution in [-0.2, 0) is 6.42 Å². The summed E-state index contributed by atoms with van der Waals surface area (Å²) in [5.74, 6) is 1.03. The highest BCUT2D eigenvalue weighted by Gasteiger charge is 2.07. The molecular formula is C19H25NO. The number of hydrogen-bond donors (Lipinski definition) is 2. The van der Waals surface area contributed by atoms with Crippen molar-refractivity contribution in [2.45, 2.75) is 40.2 Å². The molecular weight excluding hydrogens is 258 g/mol. The number of hydrogen-bond acceptors (Lipinski definition) is 2. The minimum absolute atomic E-state index is 0.238. The van der Waals surface area contributed by atoms with Crippen LogP contribution < -0.4 is 5.32 Å². The third-order valence-corrected chi connectivity index (χ3v) is 3.70. The summed E-state index contributed by atoms with van der Waals surface area (Å²) in [6.07, 6.45) is 1.12. The molecule has 1 atom stereocenters. The van der Waals surface area contributed by atoms with Crippen LogP contribution in [0.4, 0.5) is 5.69 Å². The maximum Gasteiger partial charge on any atom is 0.118 e. The molecule has 112 valence electrons. The SMILES string of the molecule is Cc1cc(NC(C)c2ccc(CC(C)C)cc2)ccc1O. The summed E-state index contributed by atoms with van der Waals surface area (Å²) in [6.45, 7) is 8.54. The van der Waals surface area contributed by atoms with Crippen molar-refractivity contribution in [2.75, 3.05) is 5.32 Å². The van der Waals surface area contributed by atoms with Gasteiger partial charge >= 0.3 is 0 Å². The highest BCUT2D eigenvalue weighted by molar-refractivity contribution is 5.51. The third-order valence-electron chi connectivity index (χ3n) is 3.70. The third kappa shape index (κ3) is 4.25. The summed E-state index contributed by atoms with van der Waals surface area (Å²) in [6, 6.07) is 14.7. The zero-order valence-corrected chi connectivity index (χ0v) is 13.4. The predicted molar refractivity (Wildman–Crippen MR) is 89.9 cm³/mol. The molecule has 0 fully saturated rings. The number of benzene rings is 2. The van der Waals surface area contributed by atoms with Gasteiger partial charge in [0.05, 0.1) is 0 Å². The molecule has 0 radical (unpaired) electrons. The zero-order chi connectivity index (χ0) is 15.4. The Labute approximate surface area is 127 Å². The highest BCUT2D eigenvalue weighted by Crippen LogP contribution is 2.24. The molecule has 0 aliphatic rings. The van der Waals surface area contributed by atoms with Crippen LogP contribution >= 0.6 is 0 Å². The van der Waals surface area contributed by atoms with Crippen LogP contribution in [0.15, 0.2) is 42.5 Å². The van der Waals surface area contributed by atoms with Gasteiger partial charge in [0.25, 0.3) is 0 Å². The van der Waals surface area contributed by atoms with E-state index in [9.17, 15) is 5.11 Å². The first-order chi connectivity index (χ1) is 9.95. The van der Waals surface area contributed by atoms with E-state index in [-0.39, 0.29) is 6.04 Å². The summed E-state index contributed by atoms with van der Waals surface area (Å²) in [7, 11) is 0. The van der Waals surface area contributed by atoms with Gasteiger partial charge in [0.1, 0.15) is 5.75 Å². The Kier molecular flexibility index (Phi) is 4.89. The second-order valence-corrected chi connectivity index (χ2v) is 6.21. The van der Waals surface area contributed by atoms with Gasteiger partial charge in [-0.15, -0.1) is 0 Å². The van der Waals surface area contributed by atoms with Gasteiger partial charge in [0.2, 0.25) is 0 Å². The molecule has 0 saturated heterocycles. The minimum Gasteiger partial charge on any atom is -0.508 e. The number of aromatic hydroxyl groups is 1. The van der Waals surface area contributed by atoms with E-state index in [2.05, 4.69) is 50.4 Å². The summed E-state index contributed by atoms with van der Waals surface area (Å²) in [5.41, 5.74) is 4.58. The fourth-order valence-corrected chi connectivity index (χ4v) is 2.49. The number of nitrogens with one attached hydrogen (secondary N) is 1. The Bertz CT molecular complexity index is 587. The lowest BCUT2D eigenvalue weighted by molar-refractivity contribution is 0.471. The molecule has 21 heavy (non-hydrogen) atoms. The normalized spacial score (nSPS) is 12.4. The van der Waals surface area contributed by atoms with Crippen molar-refractivity contribution in [1.29, 1.82) is 0 Å². The largest absolute Gasteiger partial charge is 0.508 e. The zero-order valence-electron chi connectivity index (χ0n) is 13.4. The maximum absolute atomic E-state index is 9.57. The first-order valence-corrected chi connectivity index (χ1v) is 7.60. The Morgan fingerprint density at radius 2 is 1.67 bits per heavy atom. The summed E-state index contributed by atoms with van der Waals surface area (Å²) in [5, 5.41) is 13.0. The molecule has 0 aliphatic carbocycles. The van der Waals surface area contributed by atoms with Crippen molar-refractivity contribution in [1.82, 2.24) is 0 Å². The van der Waals surface area contributed by atoms with E-state index < -0.39 is 0 Å². The molecule has 2 aromatic carbocycles. The van der Waals surface area contributed by atoms with Crippen molar-refractivity contribution in [3.63, 3.8) is 0 Å². The molecule has 1 unspecified atom stereocenters. The van der Waals surface area contributed by atoms with Gasteiger partial charge in [-0.2, -0.15) is 0 Å². The van der Waals surface area contributed by atoms with E-state index in [1.165, 1.54) is 11.1 Å². The van der Waals surface area contributed by atoms with Gasteiger partial charge in [-0.25, -0.2) is 0 Å². The summed E-state index contributed by atoms with van der Waals surface area (Å²) in [4.78, 5) is 0. The number of phenols is 1. The standard InChI is InChI=1S/C19H25NO/c1-13(2)11-16-5-7-17(8-6-16)15(4)20-18-9-10-19(21)14(3)12-18/h5-10,12-13,15,20-21H,11H2,1-4H3. The molecule has 0 saturated carbocycles. The Morgan fingerprint density at radius 3 is 2.24 bits per heavy atom. The molecule has 2 nitrogen and oxygen atoms in total. The van der Waals surface area contributed by atoms with E-state index in [0.717, 1.165) is 17.7 Å². The molecule has 0 bridgehead atoms. The van der Waals surface area contributed by atoms with Crippen molar-refractivity contribution in [2.24, 2.45) is 5.92 Å². The van der Waals surface area contributed by atoms with Crippen molar-refractivity contribution in [3.8, 4) is 5.75 Å². The van der Waals surface area contributed by atoms with Gasteiger partial charge in [0, 0.05) is 11.7 Å². The quantitative estimate of drug-likeness (QED) is 0.751. The molecule has 0 spiro atoms. The summed E-state index contributed by atoms with van der Waals surface area (Å²) >= 11 is 0. The van der Waals surface area contributed by atoms with Gasteiger partial charge in [-0.3, -0.25) is 0 Å². The Hall–Kier alpha value is -1.96. The smallest absolute Gasteiger partial charge is 0.118 e. The molecule has 2 aromatic rings. The van der Waals surface area contributed by atoms with E-state index in [0.29, 0.717) is 11.7 Å². The molecule has 2 heteroatoms. The van der Waals surface area contributed by atoms with Gasteiger partial charge in [-0.1, -0.05) is 38.1 Å². The van der Waals surface area contributed by atoms with Crippen LogP contribution in [0.5, 0.6) is 5.75 Å². The van der Waals surface area contributed by atoms with Crippen LogP contribution in [-0.4, -0.2) is 5.11 Å². The monoisotopic (exact) mass is 283 g/mol. The van der Waals surface area contributed by atoms with Gasteiger partial charge < -0.3 is 10.4 Å². The van der Waals surface area contributed by atoms with E-state index >= 15 is 0 Å². The van der Waals surface area contributed by atoms with Crippen LogP contribution in [0, 0.1) is 12.8 Å². The number of anilines is 1. The van der Waals surface area contributed by atoms with Gasteiger partial charge in [-0.05, 0) is 61.1 Å². The van der Waals surface area contributed by atoms with E-state index in [1.807, 2.05) is 19.1 Å². The fraction of sp³-hybridized carbons (Fsp3) is 0.368. The maximum atomic E-state index is 9.57. The molecule has 0 aliphatic heterocycles. The lowest BCUT2D eigenvalue weighted by atomic mass is 10.00. The van der Waals surface area contributed by atoms with E-state index in [4.69, 9.17) is 0 Å². The fourth-order valence-electron chi connectivity index (χ4n) is 2.49. The molecule has 0 heterocycles. The molecule has 2 rings (SSSR count). The summed E-state index contributed by atoms with van der Waals surface area (Å²) < 4.78 is 0.